The van der Waals surface area contributed by atoms with E-state index in [1.54, 1.807) is 12.1 Å². The van der Waals surface area contributed by atoms with Crippen molar-refractivity contribution in [3.63, 3.8) is 0 Å². The van der Waals surface area contributed by atoms with Gasteiger partial charge in [-0.1, -0.05) is 19.3 Å². The number of hydrogen-bond donors (Lipinski definition) is 1. The molecule has 4 heteroatoms. The second-order valence-electron chi connectivity index (χ2n) is 5.71. The number of nitrogens with zero attached hydrogens (tertiary/aromatic N) is 2. The van der Waals surface area contributed by atoms with Crippen LogP contribution in [-0.4, -0.2) is 22.6 Å². The number of H-pyrrole nitrogens is 1. The van der Waals surface area contributed by atoms with Gasteiger partial charge in [0.15, 0.2) is 0 Å². The summed E-state index contributed by atoms with van der Waals surface area (Å²) < 4.78 is 13.0. The van der Waals surface area contributed by atoms with Gasteiger partial charge in [0.05, 0.1) is 11.9 Å². The number of imidazole rings is 1. The molecular weight excluding hydrogens is 265 g/mol. The highest BCUT2D eigenvalue weighted by Gasteiger charge is 2.22. The highest BCUT2D eigenvalue weighted by Crippen LogP contribution is 2.27. The quantitative estimate of drug-likeness (QED) is 0.905. The predicted molar refractivity (Wildman–Crippen MR) is 83.9 cm³/mol. The Kier molecular flexibility index (Phi) is 4.23. The lowest BCUT2D eigenvalue weighted by atomic mass is 9.94. The van der Waals surface area contributed by atoms with Crippen molar-refractivity contribution in [1.29, 1.82) is 0 Å². The summed E-state index contributed by atoms with van der Waals surface area (Å²) in [7, 11) is 0. The van der Waals surface area contributed by atoms with Gasteiger partial charge in [0.25, 0.3) is 0 Å². The molecule has 1 aromatic heterocycles. The Labute approximate surface area is 125 Å². The van der Waals surface area contributed by atoms with Crippen molar-refractivity contribution in [2.24, 2.45) is 0 Å². The second-order valence-corrected chi connectivity index (χ2v) is 5.71. The van der Waals surface area contributed by atoms with E-state index in [9.17, 15) is 4.39 Å². The van der Waals surface area contributed by atoms with Gasteiger partial charge in [0, 0.05) is 12.6 Å². The number of halogens is 1. The number of aromatic nitrogens is 2. The maximum Gasteiger partial charge on any atom is 0.203 e. The number of nitrogens with one attached hydrogen (secondary N) is 1. The molecule has 3 rings (SSSR count). The van der Waals surface area contributed by atoms with E-state index < -0.39 is 0 Å². The van der Waals surface area contributed by atoms with Crippen LogP contribution in [0.1, 0.15) is 39.0 Å². The lowest BCUT2D eigenvalue weighted by Crippen LogP contribution is -2.37. The van der Waals surface area contributed by atoms with E-state index in [2.05, 4.69) is 21.8 Å². The SMILES string of the molecule is CCN(c1ncc(-c2ccc(F)cc2)[nH]1)C1CCCCC1. The molecule has 1 aromatic carbocycles. The zero-order chi connectivity index (χ0) is 14.7. The van der Waals surface area contributed by atoms with Crippen LogP contribution < -0.4 is 4.90 Å². The molecule has 3 nitrogen and oxygen atoms in total. The summed E-state index contributed by atoms with van der Waals surface area (Å²) in [6.45, 7) is 3.13. The minimum absolute atomic E-state index is 0.212. The van der Waals surface area contributed by atoms with E-state index in [1.165, 1.54) is 44.2 Å². The Balaban J connectivity index is 1.80. The Hall–Kier alpha value is -1.84. The summed E-state index contributed by atoms with van der Waals surface area (Å²) in [5.41, 5.74) is 1.91. The third-order valence-electron chi connectivity index (χ3n) is 4.35. The minimum atomic E-state index is -0.212. The van der Waals surface area contributed by atoms with Crippen LogP contribution in [0, 0.1) is 5.82 Å². The third-order valence-corrected chi connectivity index (χ3v) is 4.35. The van der Waals surface area contributed by atoms with Crippen LogP contribution >= 0.6 is 0 Å². The molecule has 0 atom stereocenters. The molecule has 0 unspecified atom stereocenters. The van der Waals surface area contributed by atoms with Gasteiger partial charge in [-0.2, -0.15) is 0 Å². The molecule has 1 heterocycles. The van der Waals surface area contributed by atoms with E-state index >= 15 is 0 Å². The molecule has 0 aliphatic heterocycles. The Morgan fingerprint density at radius 1 is 1.19 bits per heavy atom. The Bertz CT molecular complexity index is 570. The number of benzene rings is 1. The molecule has 1 N–H and O–H groups in total. The van der Waals surface area contributed by atoms with E-state index in [-0.39, 0.29) is 5.82 Å². The summed E-state index contributed by atoms with van der Waals surface area (Å²) >= 11 is 0. The Morgan fingerprint density at radius 2 is 1.90 bits per heavy atom. The fourth-order valence-electron chi connectivity index (χ4n) is 3.21. The Morgan fingerprint density at radius 3 is 2.57 bits per heavy atom. The predicted octanol–water partition coefficient (Wildman–Crippen LogP) is 4.37. The van der Waals surface area contributed by atoms with Crippen LogP contribution in [0.15, 0.2) is 30.5 Å². The molecule has 0 amide bonds. The number of rotatable bonds is 4. The molecular formula is C17H22FN3. The largest absolute Gasteiger partial charge is 0.340 e. The summed E-state index contributed by atoms with van der Waals surface area (Å²) in [6, 6.07) is 7.12. The molecule has 0 spiro atoms. The molecule has 112 valence electrons. The van der Waals surface area contributed by atoms with Crippen LogP contribution in [0.25, 0.3) is 11.3 Å². The lowest BCUT2D eigenvalue weighted by Gasteiger charge is -2.33. The first-order valence-corrected chi connectivity index (χ1v) is 7.85. The normalized spacial score (nSPS) is 16.1. The zero-order valence-corrected chi connectivity index (χ0v) is 12.5. The van der Waals surface area contributed by atoms with Gasteiger partial charge in [-0.15, -0.1) is 0 Å². The van der Waals surface area contributed by atoms with Crippen molar-refractivity contribution >= 4 is 5.95 Å². The van der Waals surface area contributed by atoms with Crippen LogP contribution in [0.5, 0.6) is 0 Å². The van der Waals surface area contributed by atoms with Crippen molar-refractivity contribution in [1.82, 2.24) is 9.97 Å². The van der Waals surface area contributed by atoms with Crippen LogP contribution in [0.4, 0.5) is 10.3 Å². The number of anilines is 1. The van der Waals surface area contributed by atoms with Crippen molar-refractivity contribution in [3.05, 3.63) is 36.3 Å². The maximum atomic E-state index is 13.0. The lowest BCUT2D eigenvalue weighted by molar-refractivity contribution is 0.415. The van der Waals surface area contributed by atoms with Gasteiger partial charge >= 0.3 is 0 Å². The molecule has 21 heavy (non-hydrogen) atoms. The standard InChI is InChI=1S/C17H22FN3/c1-2-21(15-6-4-3-5-7-15)17-19-12-16(20-17)13-8-10-14(18)11-9-13/h8-12,15H,2-7H2,1H3,(H,19,20). The zero-order valence-electron chi connectivity index (χ0n) is 12.5. The van der Waals surface area contributed by atoms with E-state index in [1.807, 2.05) is 6.20 Å². The molecule has 1 aliphatic rings. The third kappa shape index (κ3) is 3.09. The van der Waals surface area contributed by atoms with Crippen molar-refractivity contribution in [3.8, 4) is 11.3 Å². The first kappa shape index (κ1) is 14.1. The van der Waals surface area contributed by atoms with E-state index in [4.69, 9.17) is 0 Å². The van der Waals surface area contributed by atoms with Crippen molar-refractivity contribution < 1.29 is 4.39 Å². The van der Waals surface area contributed by atoms with Gasteiger partial charge in [0.2, 0.25) is 5.95 Å². The highest BCUT2D eigenvalue weighted by atomic mass is 19.1. The second kappa shape index (κ2) is 6.29. The van der Waals surface area contributed by atoms with Gasteiger partial charge in [0.1, 0.15) is 5.82 Å². The van der Waals surface area contributed by atoms with E-state index in [0.717, 1.165) is 23.8 Å². The van der Waals surface area contributed by atoms with Crippen molar-refractivity contribution in [2.75, 3.05) is 11.4 Å². The smallest absolute Gasteiger partial charge is 0.203 e. The average Bonchev–Trinajstić information content (AvgIpc) is 2.99. The first-order chi connectivity index (χ1) is 10.3. The monoisotopic (exact) mass is 287 g/mol. The molecule has 1 aliphatic carbocycles. The van der Waals surface area contributed by atoms with Gasteiger partial charge < -0.3 is 9.88 Å². The summed E-state index contributed by atoms with van der Waals surface area (Å²) in [6.07, 6.45) is 8.32. The molecule has 0 bridgehead atoms. The minimum Gasteiger partial charge on any atom is -0.340 e. The van der Waals surface area contributed by atoms with Crippen LogP contribution in [0.2, 0.25) is 0 Å². The fraction of sp³-hybridized carbons (Fsp3) is 0.471. The fourth-order valence-corrected chi connectivity index (χ4v) is 3.21. The van der Waals surface area contributed by atoms with Crippen LogP contribution in [0.3, 0.4) is 0 Å². The number of aromatic amines is 1. The molecule has 0 saturated heterocycles. The highest BCUT2D eigenvalue weighted by molar-refractivity contribution is 5.60. The maximum absolute atomic E-state index is 13.0. The van der Waals surface area contributed by atoms with Crippen molar-refractivity contribution in [2.45, 2.75) is 45.1 Å². The first-order valence-electron chi connectivity index (χ1n) is 7.85. The molecule has 1 fully saturated rings. The van der Waals surface area contributed by atoms with Gasteiger partial charge in [-0.3, -0.25) is 0 Å². The number of hydrogen-bond acceptors (Lipinski definition) is 2. The van der Waals surface area contributed by atoms with Gasteiger partial charge in [-0.25, -0.2) is 9.37 Å². The van der Waals surface area contributed by atoms with E-state index in [0.29, 0.717) is 6.04 Å². The summed E-state index contributed by atoms with van der Waals surface area (Å²) in [5.74, 6) is 0.722. The topological polar surface area (TPSA) is 31.9 Å². The average molecular weight is 287 g/mol. The summed E-state index contributed by atoms with van der Waals surface area (Å²) in [4.78, 5) is 10.3. The summed E-state index contributed by atoms with van der Waals surface area (Å²) in [5, 5.41) is 0. The van der Waals surface area contributed by atoms with Crippen LogP contribution in [-0.2, 0) is 0 Å². The molecule has 0 radical (unpaired) electrons. The molecule has 2 aromatic rings. The van der Waals surface area contributed by atoms with Gasteiger partial charge in [-0.05, 0) is 49.6 Å². The molecule has 1 saturated carbocycles.